The van der Waals surface area contributed by atoms with Crippen LogP contribution in [-0.4, -0.2) is 29.2 Å². The first kappa shape index (κ1) is 13.6. The molecular weight excluding hydrogens is 249 g/mol. The van der Waals surface area contributed by atoms with Gasteiger partial charge in [-0.1, -0.05) is 0 Å². The SMILES string of the molecule is Cl.Clc1nccc(COCC2CCCN2)n1. The predicted molar refractivity (Wildman–Crippen MR) is 65.0 cm³/mol. The van der Waals surface area contributed by atoms with Crippen molar-refractivity contribution in [1.82, 2.24) is 15.3 Å². The first-order chi connectivity index (χ1) is 7.34. The van der Waals surface area contributed by atoms with Crippen LogP contribution in [0.15, 0.2) is 12.3 Å². The maximum absolute atomic E-state index is 5.66. The summed E-state index contributed by atoms with van der Waals surface area (Å²) >= 11 is 5.66. The van der Waals surface area contributed by atoms with E-state index in [1.165, 1.54) is 12.8 Å². The molecule has 90 valence electrons. The highest BCUT2D eigenvalue weighted by atomic mass is 35.5. The van der Waals surface area contributed by atoms with Crippen LogP contribution in [0.3, 0.4) is 0 Å². The van der Waals surface area contributed by atoms with Crippen LogP contribution >= 0.6 is 24.0 Å². The molecule has 1 aromatic heterocycles. The summed E-state index contributed by atoms with van der Waals surface area (Å²) in [4.78, 5) is 7.86. The maximum atomic E-state index is 5.66. The van der Waals surface area contributed by atoms with Gasteiger partial charge >= 0.3 is 0 Å². The van der Waals surface area contributed by atoms with Gasteiger partial charge in [-0.3, -0.25) is 0 Å². The van der Waals surface area contributed by atoms with Gasteiger partial charge in [-0.25, -0.2) is 9.97 Å². The zero-order chi connectivity index (χ0) is 10.5. The second kappa shape index (κ2) is 7.01. The van der Waals surface area contributed by atoms with Gasteiger partial charge in [0, 0.05) is 12.2 Å². The summed E-state index contributed by atoms with van der Waals surface area (Å²) in [5.41, 5.74) is 0.827. The lowest BCUT2D eigenvalue weighted by Crippen LogP contribution is -2.26. The summed E-state index contributed by atoms with van der Waals surface area (Å²) in [7, 11) is 0. The number of nitrogens with zero attached hydrogens (tertiary/aromatic N) is 2. The molecule has 1 N–H and O–H groups in total. The fourth-order valence-corrected chi connectivity index (χ4v) is 1.82. The van der Waals surface area contributed by atoms with E-state index < -0.39 is 0 Å². The second-order valence-corrected chi connectivity index (χ2v) is 3.96. The first-order valence-electron chi connectivity index (χ1n) is 5.13. The summed E-state index contributed by atoms with van der Waals surface area (Å²) < 4.78 is 5.55. The van der Waals surface area contributed by atoms with E-state index in [0.29, 0.717) is 12.6 Å². The molecule has 0 aliphatic carbocycles. The Kier molecular flexibility index (Phi) is 5.98. The molecule has 1 saturated heterocycles. The largest absolute Gasteiger partial charge is 0.374 e. The topological polar surface area (TPSA) is 47.0 Å². The van der Waals surface area contributed by atoms with Gasteiger partial charge in [-0.2, -0.15) is 0 Å². The van der Waals surface area contributed by atoms with Gasteiger partial charge in [0.25, 0.3) is 0 Å². The molecule has 6 heteroatoms. The minimum Gasteiger partial charge on any atom is -0.374 e. The van der Waals surface area contributed by atoms with Crippen molar-refractivity contribution in [3.8, 4) is 0 Å². The van der Waals surface area contributed by atoms with Crippen LogP contribution in [0.5, 0.6) is 0 Å². The predicted octanol–water partition coefficient (Wildman–Crippen LogP) is 1.82. The van der Waals surface area contributed by atoms with Gasteiger partial charge < -0.3 is 10.1 Å². The van der Waals surface area contributed by atoms with Crippen LogP contribution in [0.25, 0.3) is 0 Å². The van der Waals surface area contributed by atoms with E-state index in [4.69, 9.17) is 16.3 Å². The molecule has 1 atom stereocenters. The molecular formula is C10H15Cl2N3O. The van der Waals surface area contributed by atoms with E-state index in [1.807, 2.05) is 6.07 Å². The highest BCUT2D eigenvalue weighted by Crippen LogP contribution is 2.07. The zero-order valence-electron chi connectivity index (χ0n) is 8.86. The molecule has 1 fully saturated rings. The molecule has 0 amide bonds. The monoisotopic (exact) mass is 263 g/mol. The average Bonchev–Trinajstić information content (AvgIpc) is 2.71. The quantitative estimate of drug-likeness (QED) is 0.843. The molecule has 2 rings (SSSR count). The third-order valence-electron chi connectivity index (χ3n) is 2.42. The Morgan fingerprint density at radius 2 is 2.44 bits per heavy atom. The number of rotatable bonds is 4. The lowest BCUT2D eigenvalue weighted by Gasteiger charge is -2.10. The lowest BCUT2D eigenvalue weighted by atomic mass is 10.2. The fourth-order valence-electron chi connectivity index (χ4n) is 1.65. The number of aromatic nitrogens is 2. The zero-order valence-corrected chi connectivity index (χ0v) is 10.4. The third kappa shape index (κ3) is 4.22. The Morgan fingerprint density at radius 1 is 1.56 bits per heavy atom. The van der Waals surface area contributed by atoms with E-state index in [-0.39, 0.29) is 17.7 Å². The molecule has 16 heavy (non-hydrogen) atoms. The molecule has 1 aliphatic rings. The number of ether oxygens (including phenoxy) is 1. The van der Waals surface area contributed by atoms with E-state index in [1.54, 1.807) is 6.20 Å². The normalized spacial score (nSPS) is 19.4. The first-order valence-corrected chi connectivity index (χ1v) is 5.51. The average molecular weight is 264 g/mol. The molecule has 4 nitrogen and oxygen atoms in total. The maximum Gasteiger partial charge on any atom is 0.222 e. The van der Waals surface area contributed by atoms with Crippen molar-refractivity contribution in [3.05, 3.63) is 23.2 Å². The minimum atomic E-state index is 0. The summed E-state index contributed by atoms with van der Waals surface area (Å²) in [6.45, 7) is 2.34. The van der Waals surface area contributed by atoms with Gasteiger partial charge in [-0.15, -0.1) is 12.4 Å². The summed E-state index contributed by atoms with van der Waals surface area (Å²) in [5.74, 6) is 0. The van der Waals surface area contributed by atoms with Crippen LogP contribution in [0.4, 0.5) is 0 Å². The molecule has 0 radical (unpaired) electrons. The standard InChI is InChI=1S/C10H14ClN3O.ClH/c11-10-13-5-3-9(14-10)7-15-6-8-2-1-4-12-8;/h3,5,8,12H,1-2,4,6-7H2;1H. The van der Waals surface area contributed by atoms with Gasteiger partial charge in [0.15, 0.2) is 0 Å². The fraction of sp³-hybridized carbons (Fsp3) is 0.600. The van der Waals surface area contributed by atoms with E-state index in [2.05, 4.69) is 15.3 Å². The number of halogens is 2. The van der Waals surface area contributed by atoms with Gasteiger partial charge in [0.1, 0.15) is 0 Å². The van der Waals surface area contributed by atoms with Crippen LogP contribution in [0.2, 0.25) is 5.28 Å². The van der Waals surface area contributed by atoms with Crippen molar-refractivity contribution < 1.29 is 4.74 Å². The van der Waals surface area contributed by atoms with Gasteiger partial charge in [-0.05, 0) is 37.1 Å². The Morgan fingerprint density at radius 3 is 3.12 bits per heavy atom. The number of hydrogen-bond donors (Lipinski definition) is 1. The van der Waals surface area contributed by atoms with E-state index in [9.17, 15) is 0 Å². The van der Waals surface area contributed by atoms with E-state index >= 15 is 0 Å². The Hall–Kier alpha value is -0.420. The Bertz CT molecular complexity index is 319. The molecule has 1 unspecified atom stereocenters. The summed E-state index contributed by atoms with van der Waals surface area (Å²) in [5, 5.41) is 3.64. The minimum absolute atomic E-state index is 0. The Labute approximate surface area is 106 Å². The highest BCUT2D eigenvalue weighted by molar-refractivity contribution is 6.28. The highest BCUT2D eigenvalue weighted by Gasteiger charge is 2.13. The lowest BCUT2D eigenvalue weighted by molar-refractivity contribution is 0.101. The second-order valence-electron chi connectivity index (χ2n) is 3.63. The Balaban J connectivity index is 0.00000128. The van der Waals surface area contributed by atoms with Crippen molar-refractivity contribution >= 4 is 24.0 Å². The number of hydrogen-bond acceptors (Lipinski definition) is 4. The van der Waals surface area contributed by atoms with E-state index in [0.717, 1.165) is 18.8 Å². The number of nitrogens with one attached hydrogen (secondary N) is 1. The molecule has 2 heterocycles. The van der Waals surface area contributed by atoms with Crippen LogP contribution in [0, 0.1) is 0 Å². The molecule has 0 bridgehead atoms. The molecule has 0 spiro atoms. The van der Waals surface area contributed by atoms with Crippen molar-refractivity contribution in [2.24, 2.45) is 0 Å². The van der Waals surface area contributed by atoms with Crippen LogP contribution in [-0.2, 0) is 11.3 Å². The smallest absolute Gasteiger partial charge is 0.222 e. The summed E-state index contributed by atoms with van der Waals surface area (Å²) in [6, 6.07) is 2.32. The molecule has 0 aromatic carbocycles. The third-order valence-corrected chi connectivity index (χ3v) is 2.60. The van der Waals surface area contributed by atoms with Crippen LogP contribution < -0.4 is 5.32 Å². The van der Waals surface area contributed by atoms with Crippen molar-refractivity contribution in [3.63, 3.8) is 0 Å². The molecule has 0 saturated carbocycles. The molecule has 1 aliphatic heterocycles. The summed E-state index contributed by atoms with van der Waals surface area (Å²) in [6.07, 6.45) is 4.08. The van der Waals surface area contributed by atoms with Crippen molar-refractivity contribution in [1.29, 1.82) is 0 Å². The van der Waals surface area contributed by atoms with Gasteiger partial charge in [0.05, 0.1) is 18.9 Å². The van der Waals surface area contributed by atoms with Crippen LogP contribution in [0.1, 0.15) is 18.5 Å². The molecule has 1 aromatic rings. The van der Waals surface area contributed by atoms with Crippen molar-refractivity contribution in [2.75, 3.05) is 13.2 Å². The van der Waals surface area contributed by atoms with Gasteiger partial charge in [0.2, 0.25) is 5.28 Å². The van der Waals surface area contributed by atoms with Crippen molar-refractivity contribution in [2.45, 2.75) is 25.5 Å².